The molecule has 1 rings (SSSR count). The van der Waals surface area contributed by atoms with E-state index in [1.54, 1.807) is 0 Å². The van der Waals surface area contributed by atoms with Gasteiger partial charge in [0.1, 0.15) is 0 Å². The van der Waals surface area contributed by atoms with Gasteiger partial charge in [-0.05, 0) is 18.4 Å². The minimum absolute atomic E-state index is 0.653. The number of carboxylic acids is 2. The highest BCUT2D eigenvalue weighted by Gasteiger charge is 2.29. The molecular formula is C14H20O6. The van der Waals surface area contributed by atoms with Crippen molar-refractivity contribution in [2.45, 2.75) is 38.9 Å². The van der Waals surface area contributed by atoms with Crippen LogP contribution in [-0.4, -0.2) is 44.6 Å². The second-order valence-corrected chi connectivity index (χ2v) is 4.63. The molecule has 0 heterocycles. The number of aliphatic hydroxyl groups is 2. The zero-order chi connectivity index (χ0) is 15.9. The first-order chi connectivity index (χ1) is 9.16. The van der Waals surface area contributed by atoms with E-state index in [9.17, 15) is 9.59 Å². The average Bonchev–Trinajstić information content (AvgIpc) is 2.38. The van der Waals surface area contributed by atoms with Gasteiger partial charge in [-0.25, -0.2) is 9.59 Å². The van der Waals surface area contributed by atoms with Crippen molar-refractivity contribution < 1.29 is 30.0 Å². The maximum absolute atomic E-state index is 9.77. The lowest BCUT2D eigenvalue weighted by molar-refractivity contribution is -0.165. The lowest BCUT2D eigenvalue weighted by atomic mass is 10.0. The molecule has 0 radical (unpaired) electrons. The van der Waals surface area contributed by atoms with Crippen LogP contribution in [0.15, 0.2) is 24.3 Å². The third-order valence-corrected chi connectivity index (χ3v) is 2.55. The van der Waals surface area contributed by atoms with Gasteiger partial charge in [0, 0.05) is 0 Å². The maximum Gasteiger partial charge on any atom is 0.335 e. The van der Waals surface area contributed by atoms with E-state index >= 15 is 0 Å². The van der Waals surface area contributed by atoms with E-state index in [4.69, 9.17) is 20.4 Å². The summed E-state index contributed by atoms with van der Waals surface area (Å²) in [5.74, 6) is -2.88. The third-order valence-electron chi connectivity index (χ3n) is 2.55. The molecule has 0 fully saturated rings. The van der Waals surface area contributed by atoms with Crippen LogP contribution >= 0.6 is 0 Å². The Kier molecular flexibility index (Phi) is 7.49. The first-order valence-electron chi connectivity index (χ1n) is 6.05. The van der Waals surface area contributed by atoms with Crippen LogP contribution < -0.4 is 0 Å². The zero-order valence-corrected chi connectivity index (χ0v) is 11.6. The number of carbonyl (C=O) groups is 2. The van der Waals surface area contributed by atoms with Crippen LogP contribution in [0.3, 0.4) is 0 Å². The van der Waals surface area contributed by atoms with Gasteiger partial charge in [0.15, 0.2) is 12.2 Å². The summed E-state index contributed by atoms with van der Waals surface area (Å²) in [4.78, 5) is 19.5. The van der Waals surface area contributed by atoms with Crippen molar-refractivity contribution in [3.05, 3.63) is 35.4 Å². The largest absolute Gasteiger partial charge is 0.479 e. The number of aliphatic carboxylic acids is 2. The number of benzene rings is 1. The fourth-order valence-electron chi connectivity index (χ4n) is 1.22. The van der Waals surface area contributed by atoms with Crippen molar-refractivity contribution >= 4 is 11.9 Å². The Bertz CT molecular complexity index is 419. The lowest BCUT2D eigenvalue weighted by Gasteiger charge is -2.07. The maximum atomic E-state index is 9.77. The SMILES string of the molecule is Cc1ccc(C(C)C)cc1.O=C(O)C(O)C(O)C(=O)O. The summed E-state index contributed by atoms with van der Waals surface area (Å²) in [6, 6.07) is 8.71. The monoisotopic (exact) mass is 284 g/mol. The fourth-order valence-corrected chi connectivity index (χ4v) is 1.22. The molecule has 112 valence electrons. The topological polar surface area (TPSA) is 115 Å². The summed E-state index contributed by atoms with van der Waals surface area (Å²) in [7, 11) is 0. The standard InChI is InChI=1S/C10H14.C4H6O6/c1-8(2)10-6-4-9(3)5-7-10;5-1(3(7)8)2(6)4(9)10/h4-8H,1-3H3;1-2,5-6H,(H,7,8)(H,9,10). The Morgan fingerprint density at radius 3 is 1.50 bits per heavy atom. The molecule has 1 aromatic rings. The molecule has 6 heteroatoms. The van der Waals surface area contributed by atoms with Gasteiger partial charge < -0.3 is 20.4 Å². The molecular weight excluding hydrogens is 264 g/mol. The van der Waals surface area contributed by atoms with Gasteiger partial charge in [-0.2, -0.15) is 0 Å². The average molecular weight is 284 g/mol. The Labute approximate surface area is 117 Å². The van der Waals surface area contributed by atoms with Gasteiger partial charge in [0.05, 0.1) is 0 Å². The Balaban J connectivity index is 0.000000361. The Morgan fingerprint density at radius 1 is 0.900 bits per heavy atom. The van der Waals surface area contributed by atoms with Crippen LogP contribution in [0.4, 0.5) is 0 Å². The molecule has 0 spiro atoms. The van der Waals surface area contributed by atoms with Gasteiger partial charge in [0.25, 0.3) is 0 Å². The highest BCUT2D eigenvalue weighted by Crippen LogP contribution is 2.13. The smallest absolute Gasteiger partial charge is 0.335 e. The first-order valence-corrected chi connectivity index (χ1v) is 6.05. The van der Waals surface area contributed by atoms with E-state index in [2.05, 4.69) is 45.0 Å². The highest BCUT2D eigenvalue weighted by molar-refractivity contribution is 5.83. The summed E-state index contributed by atoms with van der Waals surface area (Å²) in [6.07, 6.45) is -4.53. The van der Waals surface area contributed by atoms with E-state index in [-0.39, 0.29) is 0 Å². The molecule has 0 aromatic heterocycles. The molecule has 1 aromatic carbocycles. The molecule has 0 aliphatic carbocycles. The summed E-state index contributed by atoms with van der Waals surface area (Å²) >= 11 is 0. The van der Waals surface area contributed by atoms with Crippen LogP contribution in [0.1, 0.15) is 30.9 Å². The predicted octanol–water partition coefficient (Wildman–Crippen LogP) is 0.996. The van der Waals surface area contributed by atoms with Crippen molar-refractivity contribution in [2.75, 3.05) is 0 Å². The number of hydrogen-bond donors (Lipinski definition) is 4. The second kappa shape index (κ2) is 8.29. The second-order valence-electron chi connectivity index (χ2n) is 4.63. The number of carboxylic acid groups (broad SMARTS) is 2. The number of aliphatic hydroxyl groups excluding tert-OH is 2. The molecule has 20 heavy (non-hydrogen) atoms. The van der Waals surface area contributed by atoms with Crippen LogP contribution in [-0.2, 0) is 9.59 Å². The molecule has 0 saturated heterocycles. The van der Waals surface area contributed by atoms with E-state index in [1.807, 2.05) is 0 Å². The van der Waals surface area contributed by atoms with Crippen molar-refractivity contribution in [3.63, 3.8) is 0 Å². The van der Waals surface area contributed by atoms with E-state index < -0.39 is 24.1 Å². The quantitative estimate of drug-likeness (QED) is 0.655. The normalized spacial score (nSPS) is 13.1. The Morgan fingerprint density at radius 2 is 1.25 bits per heavy atom. The highest BCUT2D eigenvalue weighted by atomic mass is 16.4. The van der Waals surface area contributed by atoms with Gasteiger partial charge in [0.2, 0.25) is 0 Å². The van der Waals surface area contributed by atoms with Crippen molar-refractivity contribution in [1.29, 1.82) is 0 Å². The first kappa shape index (κ1) is 18.1. The fraction of sp³-hybridized carbons (Fsp3) is 0.429. The van der Waals surface area contributed by atoms with Crippen molar-refractivity contribution in [2.24, 2.45) is 0 Å². The minimum atomic E-state index is -2.27. The van der Waals surface area contributed by atoms with Crippen LogP contribution in [0.25, 0.3) is 0 Å². The summed E-state index contributed by atoms with van der Waals surface area (Å²) in [5, 5.41) is 32.5. The zero-order valence-electron chi connectivity index (χ0n) is 11.6. The molecule has 0 bridgehead atoms. The molecule has 4 N–H and O–H groups in total. The summed E-state index contributed by atoms with van der Waals surface area (Å²) in [5.41, 5.74) is 2.76. The summed E-state index contributed by atoms with van der Waals surface area (Å²) in [6.45, 7) is 6.54. The Hall–Kier alpha value is -1.92. The van der Waals surface area contributed by atoms with E-state index in [0.29, 0.717) is 5.92 Å². The molecule has 2 unspecified atom stereocenters. The van der Waals surface area contributed by atoms with Gasteiger partial charge in [-0.3, -0.25) is 0 Å². The third kappa shape index (κ3) is 6.31. The number of hydrogen-bond acceptors (Lipinski definition) is 4. The van der Waals surface area contributed by atoms with E-state index in [1.165, 1.54) is 11.1 Å². The van der Waals surface area contributed by atoms with Crippen molar-refractivity contribution in [3.8, 4) is 0 Å². The number of rotatable bonds is 4. The van der Waals surface area contributed by atoms with Gasteiger partial charge in [-0.1, -0.05) is 43.7 Å². The lowest BCUT2D eigenvalue weighted by Crippen LogP contribution is -2.39. The number of aryl methyl sites for hydroxylation is 1. The van der Waals surface area contributed by atoms with Gasteiger partial charge >= 0.3 is 11.9 Å². The summed E-state index contributed by atoms with van der Waals surface area (Å²) < 4.78 is 0. The van der Waals surface area contributed by atoms with Crippen LogP contribution in [0, 0.1) is 6.92 Å². The molecule has 2 atom stereocenters. The molecule has 0 amide bonds. The van der Waals surface area contributed by atoms with Gasteiger partial charge in [-0.15, -0.1) is 0 Å². The minimum Gasteiger partial charge on any atom is -0.479 e. The molecule has 0 saturated carbocycles. The molecule has 6 nitrogen and oxygen atoms in total. The van der Waals surface area contributed by atoms with Crippen LogP contribution in [0.5, 0.6) is 0 Å². The van der Waals surface area contributed by atoms with E-state index in [0.717, 1.165) is 0 Å². The van der Waals surface area contributed by atoms with Crippen molar-refractivity contribution in [1.82, 2.24) is 0 Å². The molecule has 0 aliphatic rings. The van der Waals surface area contributed by atoms with Crippen LogP contribution in [0.2, 0.25) is 0 Å². The predicted molar refractivity (Wildman–Crippen MR) is 72.6 cm³/mol. The molecule has 0 aliphatic heterocycles.